The Morgan fingerprint density at radius 2 is 2.00 bits per heavy atom. The van der Waals surface area contributed by atoms with Gasteiger partial charge in [-0.05, 0) is 43.5 Å². The molecule has 0 fully saturated rings. The van der Waals surface area contributed by atoms with E-state index in [0.29, 0.717) is 0 Å². The largest absolute Gasteiger partial charge is 0.308 e. The third-order valence-corrected chi connectivity index (χ3v) is 2.14. The Bertz CT molecular complexity index is 397. The summed E-state index contributed by atoms with van der Waals surface area (Å²) in [7, 11) is 0. The average Bonchev–Trinajstić information content (AvgIpc) is 2.26. The summed E-state index contributed by atoms with van der Waals surface area (Å²) in [6.07, 6.45) is 7.11. The molecule has 15 heavy (non-hydrogen) atoms. The summed E-state index contributed by atoms with van der Waals surface area (Å²) < 4.78 is 0. The molecule has 0 saturated carbocycles. The van der Waals surface area contributed by atoms with Crippen LogP contribution in [-0.4, -0.2) is 11.2 Å². The van der Waals surface area contributed by atoms with Crippen LogP contribution < -0.4 is 0 Å². The maximum Gasteiger partial charge on any atom is 0.0658 e. The van der Waals surface area contributed by atoms with Crippen molar-refractivity contribution in [3.63, 3.8) is 0 Å². The van der Waals surface area contributed by atoms with Crippen molar-refractivity contribution in [1.82, 2.24) is 4.98 Å². The number of hydrogen-bond acceptors (Lipinski definition) is 2. The first-order chi connectivity index (χ1) is 7.13. The highest BCUT2D eigenvalue weighted by molar-refractivity contribution is 5.76. The van der Waals surface area contributed by atoms with E-state index in [1.807, 2.05) is 51.3 Å². The summed E-state index contributed by atoms with van der Waals surface area (Å²) in [5, 5.41) is 7.05. The molecular weight excluding hydrogens is 184 g/mol. The maximum absolute atomic E-state index is 7.05. The van der Waals surface area contributed by atoms with E-state index in [4.69, 9.17) is 5.41 Å². The molecule has 0 saturated heterocycles. The number of pyridine rings is 1. The summed E-state index contributed by atoms with van der Waals surface area (Å²) in [5.41, 5.74) is 4.19. The summed E-state index contributed by atoms with van der Waals surface area (Å²) >= 11 is 0. The fraction of sp³-hybridized carbons (Fsp3) is 0.231. The van der Waals surface area contributed by atoms with Crippen molar-refractivity contribution in [2.45, 2.75) is 20.8 Å². The van der Waals surface area contributed by atoms with Gasteiger partial charge in [-0.1, -0.05) is 18.2 Å². The van der Waals surface area contributed by atoms with Gasteiger partial charge in [-0.3, -0.25) is 4.98 Å². The first-order valence-corrected chi connectivity index (χ1v) is 4.92. The predicted octanol–water partition coefficient (Wildman–Crippen LogP) is 3.39. The maximum atomic E-state index is 7.05. The smallest absolute Gasteiger partial charge is 0.0658 e. The molecule has 0 bridgehead atoms. The first kappa shape index (κ1) is 11.4. The summed E-state index contributed by atoms with van der Waals surface area (Å²) in [6, 6.07) is 4.06. The molecule has 1 rings (SSSR count). The minimum Gasteiger partial charge on any atom is -0.308 e. The number of allylic oxidation sites excluding steroid dienone is 4. The van der Waals surface area contributed by atoms with Crippen LogP contribution in [0.2, 0.25) is 0 Å². The Morgan fingerprint density at radius 3 is 2.53 bits per heavy atom. The first-order valence-electron chi connectivity index (χ1n) is 4.92. The topological polar surface area (TPSA) is 36.7 Å². The molecule has 2 heteroatoms. The van der Waals surface area contributed by atoms with Gasteiger partial charge in [0.2, 0.25) is 0 Å². The number of nitrogens with one attached hydrogen (secondary N) is 1. The zero-order valence-corrected chi connectivity index (χ0v) is 9.41. The second-order valence-electron chi connectivity index (χ2n) is 3.63. The van der Waals surface area contributed by atoms with Crippen LogP contribution in [0.4, 0.5) is 0 Å². The van der Waals surface area contributed by atoms with Gasteiger partial charge in [0.25, 0.3) is 0 Å². The molecule has 0 amide bonds. The van der Waals surface area contributed by atoms with Crippen LogP contribution in [0.1, 0.15) is 25.1 Å². The van der Waals surface area contributed by atoms with Crippen molar-refractivity contribution in [1.29, 1.82) is 5.41 Å². The van der Waals surface area contributed by atoms with Gasteiger partial charge in [-0.15, -0.1) is 0 Å². The second-order valence-corrected chi connectivity index (χ2v) is 3.63. The number of nitrogens with zero attached hydrogens (tertiary/aromatic N) is 1. The van der Waals surface area contributed by atoms with E-state index in [2.05, 4.69) is 4.98 Å². The SMILES string of the molecule is C/C(C=N)=C/C=C(\C)c1ccc(C)cn1. The molecule has 0 unspecified atom stereocenters. The van der Waals surface area contributed by atoms with Crippen molar-refractivity contribution in [2.24, 2.45) is 0 Å². The second kappa shape index (κ2) is 5.25. The van der Waals surface area contributed by atoms with Crippen LogP contribution >= 0.6 is 0 Å². The monoisotopic (exact) mass is 200 g/mol. The summed E-state index contributed by atoms with van der Waals surface area (Å²) in [4.78, 5) is 4.33. The fourth-order valence-corrected chi connectivity index (χ4v) is 1.09. The molecule has 1 aromatic heterocycles. The highest BCUT2D eigenvalue weighted by atomic mass is 14.7. The Kier molecular flexibility index (Phi) is 3.98. The molecule has 2 nitrogen and oxygen atoms in total. The number of hydrogen-bond donors (Lipinski definition) is 1. The summed E-state index contributed by atoms with van der Waals surface area (Å²) in [5.74, 6) is 0. The molecule has 0 atom stereocenters. The number of aromatic nitrogens is 1. The van der Waals surface area contributed by atoms with Gasteiger partial charge in [0.15, 0.2) is 0 Å². The number of aryl methyl sites for hydroxylation is 1. The Hall–Kier alpha value is -1.70. The van der Waals surface area contributed by atoms with Gasteiger partial charge < -0.3 is 5.41 Å². The molecule has 1 aromatic rings. The Balaban J connectivity index is 2.89. The van der Waals surface area contributed by atoms with E-state index in [0.717, 1.165) is 22.4 Å². The predicted molar refractivity (Wildman–Crippen MR) is 65.2 cm³/mol. The van der Waals surface area contributed by atoms with Gasteiger partial charge >= 0.3 is 0 Å². The molecule has 1 heterocycles. The number of rotatable bonds is 3. The van der Waals surface area contributed by atoms with Crippen molar-refractivity contribution in [2.75, 3.05) is 0 Å². The van der Waals surface area contributed by atoms with Crippen LogP contribution in [-0.2, 0) is 0 Å². The molecule has 0 aromatic carbocycles. The summed E-state index contributed by atoms with van der Waals surface area (Å²) in [6.45, 7) is 5.94. The zero-order valence-electron chi connectivity index (χ0n) is 9.41. The van der Waals surface area contributed by atoms with Crippen molar-refractivity contribution < 1.29 is 0 Å². The molecule has 0 radical (unpaired) electrons. The molecule has 0 spiro atoms. The highest BCUT2D eigenvalue weighted by Crippen LogP contribution is 2.11. The van der Waals surface area contributed by atoms with Crippen molar-refractivity contribution >= 4 is 11.8 Å². The van der Waals surface area contributed by atoms with E-state index < -0.39 is 0 Å². The van der Waals surface area contributed by atoms with Gasteiger partial charge in [0, 0.05) is 12.4 Å². The van der Waals surface area contributed by atoms with E-state index in [9.17, 15) is 0 Å². The molecule has 0 aliphatic carbocycles. The fourth-order valence-electron chi connectivity index (χ4n) is 1.09. The van der Waals surface area contributed by atoms with Gasteiger partial charge in [0.05, 0.1) is 5.69 Å². The molecule has 0 aliphatic heterocycles. The highest BCUT2D eigenvalue weighted by Gasteiger charge is 1.94. The van der Waals surface area contributed by atoms with Crippen LogP contribution in [0.25, 0.3) is 5.57 Å². The van der Waals surface area contributed by atoms with Crippen LogP contribution in [0.15, 0.2) is 36.1 Å². The van der Waals surface area contributed by atoms with E-state index in [-0.39, 0.29) is 0 Å². The minimum absolute atomic E-state index is 0.932. The molecule has 1 N–H and O–H groups in total. The third-order valence-electron chi connectivity index (χ3n) is 2.14. The van der Waals surface area contributed by atoms with Crippen molar-refractivity contribution in [3.8, 4) is 0 Å². The Morgan fingerprint density at radius 1 is 1.27 bits per heavy atom. The van der Waals surface area contributed by atoms with Crippen LogP contribution in [0.5, 0.6) is 0 Å². The van der Waals surface area contributed by atoms with Gasteiger partial charge in [0.1, 0.15) is 0 Å². The van der Waals surface area contributed by atoms with Gasteiger partial charge in [-0.25, -0.2) is 0 Å². The standard InChI is InChI=1S/C13H16N2/c1-10(8-14)4-6-12(3)13-7-5-11(2)9-15-13/h4-9,14H,1-3H3/b10-4-,12-6+,14-8?. The third kappa shape index (κ3) is 3.50. The van der Waals surface area contributed by atoms with E-state index >= 15 is 0 Å². The molecule has 78 valence electrons. The quantitative estimate of drug-likeness (QED) is 0.589. The molecule has 0 aliphatic rings. The van der Waals surface area contributed by atoms with E-state index in [1.54, 1.807) is 0 Å². The van der Waals surface area contributed by atoms with Crippen LogP contribution in [0, 0.1) is 12.3 Å². The normalized spacial score (nSPS) is 12.7. The lowest BCUT2D eigenvalue weighted by molar-refractivity contribution is 1.22. The van der Waals surface area contributed by atoms with Crippen molar-refractivity contribution in [3.05, 3.63) is 47.3 Å². The van der Waals surface area contributed by atoms with Crippen LogP contribution in [0.3, 0.4) is 0 Å². The lowest BCUT2D eigenvalue weighted by atomic mass is 10.1. The minimum atomic E-state index is 0.932. The lowest BCUT2D eigenvalue weighted by Gasteiger charge is -1.99. The molecular formula is C13H16N2. The zero-order chi connectivity index (χ0) is 11.3. The lowest BCUT2D eigenvalue weighted by Crippen LogP contribution is -1.85. The van der Waals surface area contributed by atoms with E-state index in [1.165, 1.54) is 6.21 Å². The van der Waals surface area contributed by atoms with Gasteiger partial charge in [-0.2, -0.15) is 0 Å². The average molecular weight is 200 g/mol. The Labute approximate surface area is 90.9 Å².